The number of aromatic hydroxyl groups is 4. The molecule has 0 unspecified atom stereocenters. The SMILES string of the molecule is Cc1c(O)ccc(C(CNCC(P(=O)([O-])[O-])P(=O)([O-])[O-])c2ccc(O)c(C)c2O)c1O.[Na+].[Na+].[Na+].[Na+]. The molecule has 0 heterocycles. The van der Waals surface area contributed by atoms with E-state index in [-0.39, 0.29) is 170 Å². The molecule has 0 bridgehead atoms. The van der Waals surface area contributed by atoms with Crippen LogP contribution in [0.3, 0.4) is 0 Å². The quantitative estimate of drug-likeness (QED) is 0.149. The molecule has 0 aliphatic heterocycles. The van der Waals surface area contributed by atoms with Gasteiger partial charge >= 0.3 is 118 Å². The van der Waals surface area contributed by atoms with Crippen LogP contribution in [0.5, 0.6) is 23.0 Å². The molecule has 0 spiro atoms. The summed E-state index contributed by atoms with van der Waals surface area (Å²) in [4.78, 5) is 44.8. The summed E-state index contributed by atoms with van der Waals surface area (Å²) in [5.74, 6) is -2.06. The Morgan fingerprint density at radius 3 is 1.37 bits per heavy atom. The van der Waals surface area contributed by atoms with Crippen molar-refractivity contribution in [2.45, 2.75) is 25.2 Å². The average Bonchev–Trinajstić information content (AvgIpc) is 2.64. The van der Waals surface area contributed by atoms with Crippen LogP contribution in [0.2, 0.25) is 0 Å². The third kappa shape index (κ3) is 10.8. The van der Waals surface area contributed by atoms with Crippen LogP contribution >= 0.6 is 15.2 Å². The second-order valence-corrected chi connectivity index (χ2v) is 10.9. The molecule has 0 fully saturated rings. The maximum absolute atomic E-state index is 11.2. The summed E-state index contributed by atoms with van der Waals surface area (Å²) in [6.07, 6.45) is 0. The zero-order valence-corrected chi connectivity index (χ0v) is 30.3. The molecule has 172 valence electrons. The number of hydrogen-bond donors (Lipinski definition) is 5. The normalized spacial score (nSPS) is 11.2. The van der Waals surface area contributed by atoms with E-state index in [0.717, 1.165) is 0 Å². The van der Waals surface area contributed by atoms with E-state index < -0.39 is 33.1 Å². The molecule has 11 nitrogen and oxygen atoms in total. The number of rotatable bonds is 8. The fraction of sp³-hybridized carbons (Fsp3) is 0.333. The van der Waals surface area contributed by atoms with Crippen molar-refractivity contribution in [2.24, 2.45) is 0 Å². The summed E-state index contributed by atoms with van der Waals surface area (Å²) in [6, 6.07) is 5.22. The first-order valence-corrected chi connectivity index (χ1v) is 12.2. The first-order chi connectivity index (χ1) is 14.2. The van der Waals surface area contributed by atoms with Gasteiger partial charge in [-0.05, 0) is 26.0 Å². The van der Waals surface area contributed by atoms with Crippen LogP contribution in [-0.4, -0.2) is 38.9 Å². The Bertz CT molecular complexity index is 1000. The van der Waals surface area contributed by atoms with Gasteiger partial charge in [-0.3, -0.25) is 0 Å². The second kappa shape index (κ2) is 16.9. The third-order valence-corrected chi connectivity index (χ3v) is 8.55. The molecule has 2 aromatic carbocycles. The molecule has 5 N–H and O–H groups in total. The van der Waals surface area contributed by atoms with Crippen molar-refractivity contribution >= 4 is 15.2 Å². The monoisotopic (exact) mass is 565 g/mol. The van der Waals surface area contributed by atoms with Crippen molar-refractivity contribution in [3.63, 3.8) is 0 Å². The van der Waals surface area contributed by atoms with Gasteiger partial charge in [-0.2, -0.15) is 0 Å². The Morgan fingerprint density at radius 1 is 0.714 bits per heavy atom. The van der Waals surface area contributed by atoms with Gasteiger partial charge < -0.3 is 54.4 Å². The van der Waals surface area contributed by atoms with Gasteiger partial charge in [-0.15, -0.1) is 0 Å². The molecule has 0 radical (unpaired) electrons. The minimum Gasteiger partial charge on any atom is -0.810 e. The van der Waals surface area contributed by atoms with E-state index in [1.165, 1.54) is 38.1 Å². The molecule has 0 aliphatic rings. The minimum absolute atomic E-state index is 0. The summed E-state index contributed by atoms with van der Waals surface area (Å²) < 4.78 is 22.4. The average molecular weight is 565 g/mol. The number of nitrogens with one attached hydrogen (secondary N) is 1. The first kappa shape index (κ1) is 41.4. The van der Waals surface area contributed by atoms with Crippen LogP contribution in [0.15, 0.2) is 24.3 Å². The molecule has 0 aliphatic carbocycles. The Morgan fingerprint density at radius 2 is 1.06 bits per heavy atom. The molecular weight excluding hydrogens is 544 g/mol. The molecule has 0 saturated heterocycles. The maximum Gasteiger partial charge on any atom is 1.00 e. The fourth-order valence-electron chi connectivity index (χ4n) is 3.12. The molecule has 35 heavy (non-hydrogen) atoms. The van der Waals surface area contributed by atoms with Crippen LogP contribution in [0, 0.1) is 13.8 Å². The van der Waals surface area contributed by atoms with Gasteiger partial charge in [0.05, 0.1) is 0 Å². The second-order valence-electron chi connectivity index (χ2n) is 7.07. The maximum atomic E-state index is 11.2. The van der Waals surface area contributed by atoms with Crippen LogP contribution < -0.4 is 143 Å². The van der Waals surface area contributed by atoms with Gasteiger partial charge in [0, 0.05) is 46.7 Å². The Hall–Kier alpha value is 1.90. The van der Waals surface area contributed by atoms with Crippen molar-refractivity contribution in [3.05, 3.63) is 46.5 Å². The van der Waals surface area contributed by atoms with Crippen molar-refractivity contribution in [1.29, 1.82) is 0 Å². The number of phenolic OH excluding ortho intramolecular Hbond substituents is 4. The minimum atomic E-state index is -5.76. The van der Waals surface area contributed by atoms with Crippen molar-refractivity contribution < 1.29 is 167 Å². The zero-order valence-electron chi connectivity index (χ0n) is 20.5. The van der Waals surface area contributed by atoms with Gasteiger partial charge in [-0.25, -0.2) is 0 Å². The Kier molecular flexibility index (Phi) is 20.0. The molecule has 2 aromatic rings. The van der Waals surface area contributed by atoms with Crippen molar-refractivity contribution in [1.82, 2.24) is 5.32 Å². The number of phenols is 4. The predicted octanol–water partition coefficient (Wildman–Crippen LogP) is -13.0. The molecule has 2 rings (SSSR count). The van der Waals surface area contributed by atoms with E-state index >= 15 is 0 Å². The fourth-order valence-corrected chi connectivity index (χ4v) is 5.22. The summed E-state index contributed by atoms with van der Waals surface area (Å²) in [5.41, 5.74) is 0.560. The van der Waals surface area contributed by atoms with Crippen LogP contribution in [0.1, 0.15) is 28.2 Å². The Labute approximate surface area is 291 Å². The third-order valence-electron chi connectivity index (χ3n) is 5.02. The molecule has 0 saturated carbocycles. The molecule has 0 amide bonds. The van der Waals surface area contributed by atoms with Crippen molar-refractivity contribution in [2.75, 3.05) is 13.1 Å². The van der Waals surface area contributed by atoms with Gasteiger partial charge in [-0.1, -0.05) is 27.3 Å². The first-order valence-electron chi connectivity index (χ1n) is 8.93. The zero-order chi connectivity index (χ0) is 23.7. The predicted molar refractivity (Wildman–Crippen MR) is 103 cm³/mol. The molecule has 0 aromatic heterocycles. The van der Waals surface area contributed by atoms with Gasteiger partial charge in [0.2, 0.25) is 0 Å². The van der Waals surface area contributed by atoms with Crippen LogP contribution in [-0.2, 0) is 9.13 Å². The largest absolute Gasteiger partial charge is 1.00 e. The summed E-state index contributed by atoms with van der Waals surface area (Å²) in [7, 11) is -11.5. The topological polar surface area (TPSA) is 219 Å². The van der Waals surface area contributed by atoms with Gasteiger partial charge in [0.1, 0.15) is 23.0 Å². The summed E-state index contributed by atoms with van der Waals surface area (Å²) >= 11 is 0. The van der Waals surface area contributed by atoms with Crippen molar-refractivity contribution in [3.8, 4) is 23.0 Å². The van der Waals surface area contributed by atoms with E-state index in [1.54, 1.807) is 0 Å². The molecular formula is C18H21NNa4O10P2. The smallest absolute Gasteiger partial charge is 0.810 e. The van der Waals surface area contributed by atoms with E-state index in [1.807, 2.05) is 0 Å². The van der Waals surface area contributed by atoms with E-state index in [4.69, 9.17) is 0 Å². The van der Waals surface area contributed by atoms with Crippen LogP contribution in [0.4, 0.5) is 0 Å². The number of benzene rings is 2. The van der Waals surface area contributed by atoms with Crippen LogP contribution in [0.25, 0.3) is 0 Å². The van der Waals surface area contributed by atoms with Gasteiger partial charge in [0.25, 0.3) is 0 Å². The van der Waals surface area contributed by atoms with Gasteiger partial charge in [0.15, 0.2) is 0 Å². The van der Waals surface area contributed by atoms with E-state index in [9.17, 15) is 49.1 Å². The summed E-state index contributed by atoms with van der Waals surface area (Å²) in [6.45, 7) is 1.53. The standard InChI is InChI=1S/C18H25NO10P2.4Na/c1-9-14(20)5-3-11(17(9)22)13(12-4-6-15(21)10(2)18(12)23)7-19-8-16(30(24,25)26)31(27,28)29;;;;/h3-6,13,16,19-23H,7-8H2,1-2H3,(H2,24,25,26)(H2,27,28,29);;;;/q;4*+1/p-4. The molecule has 0 atom stereocenters. The Balaban J connectivity index is -0.00000256. The number of hydrogen-bond acceptors (Lipinski definition) is 11. The molecule has 17 heteroatoms. The summed E-state index contributed by atoms with van der Waals surface area (Å²) in [5, 5.41) is 40.2. The van der Waals surface area contributed by atoms with E-state index in [0.29, 0.717) is 0 Å². The van der Waals surface area contributed by atoms with E-state index in [2.05, 4.69) is 5.32 Å².